The monoisotopic (exact) mass is 282 g/mol. The van der Waals surface area contributed by atoms with Gasteiger partial charge in [-0.2, -0.15) is 5.10 Å². The molecular weight excluding hydrogens is 274 g/mol. The number of aryl methyl sites for hydroxylation is 1. The highest BCUT2D eigenvalue weighted by atomic mass is 35.5. The van der Waals surface area contributed by atoms with Crippen LogP contribution < -0.4 is 0 Å². The first-order valence-corrected chi connectivity index (χ1v) is 5.92. The number of halogens is 3. The predicted octanol–water partition coefficient (Wildman–Crippen LogP) is 3.65. The Kier molecular flexibility index (Phi) is 2.74. The number of imidazole rings is 1. The van der Waals surface area contributed by atoms with Crippen LogP contribution in [0.4, 0.5) is 8.78 Å². The molecule has 0 aliphatic heterocycles. The summed E-state index contributed by atoms with van der Waals surface area (Å²) in [6.07, 6.45) is -2.69. The van der Waals surface area contributed by atoms with E-state index in [4.69, 9.17) is 11.6 Å². The van der Waals surface area contributed by atoms with Gasteiger partial charge in [-0.1, -0.05) is 17.7 Å². The topological polar surface area (TPSA) is 46.5 Å². The molecule has 7 heteroatoms. The minimum Gasteiger partial charge on any atom is -0.274 e. The Morgan fingerprint density at radius 3 is 2.74 bits per heavy atom. The molecule has 4 nitrogen and oxygen atoms in total. The van der Waals surface area contributed by atoms with Gasteiger partial charge in [0.25, 0.3) is 6.43 Å². The molecule has 0 atom stereocenters. The Bertz CT molecular complexity index is 747. The summed E-state index contributed by atoms with van der Waals surface area (Å²) in [6.45, 7) is 1.88. The van der Waals surface area contributed by atoms with Crippen LogP contribution in [0.25, 0.3) is 16.9 Å². The van der Waals surface area contributed by atoms with Gasteiger partial charge in [0.15, 0.2) is 11.6 Å². The van der Waals surface area contributed by atoms with Crippen LogP contribution in [0.2, 0.25) is 5.15 Å². The number of aromatic amines is 1. The van der Waals surface area contributed by atoms with Gasteiger partial charge < -0.3 is 0 Å². The van der Waals surface area contributed by atoms with Crippen molar-refractivity contribution in [1.29, 1.82) is 0 Å². The first-order valence-electron chi connectivity index (χ1n) is 5.54. The van der Waals surface area contributed by atoms with Crippen LogP contribution in [-0.4, -0.2) is 19.7 Å². The summed E-state index contributed by atoms with van der Waals surface area (Å²) in [5.74, 6) is -0.0459. The van der Waals surface area contributed by atoms with Gasteiger partial charge in [-0.25, -0.2) is 13.8 Å². The van der Waals surface area contributed by atoms with Crippen LogP contribution >= 0.6 is 11.6 Å². The average Bonchev–Trinajstić information content (AvgIpc) is 2.91. The van der Waals surface area contributed by atoms with E-state index in [1.54, 1.807) is 12.1 Å². The molecule has 0 unspecified atom stereocenters. The average molecular weight is 283 g/mol. The van der Waals surface area contributed by atoms with Crippen molar-refractivity contribution in [3.8, 4) is 5.82 Å². The zero-order valence-electron chi connectivity index (χ0n) is 9.86. The van der Waals surface area contributed by atoms with Crippen molar-refractivity contribution < 1.29 is 8.78 Å². The quantitative estimate of drug-likeness (QED) is 0.780. The Morgan fingerprint density at radius 2 is 2.11 bits per heavy atom. The number of hydrogen-bond acceptors (Lipinski definition) is 2. The van der Waals surface area contributed by atoms with Crippen molar-refractivity contribution in [2.24, 2.45) is 0 Å². The highest BCUT2D eigenvalue weighted by molar-refractivity contribution is 6.29. The molecule has 1 aromatic carbocycles. The number of H-pyrrole nitrogens is 1. The third-order valence-electron chi connectivity index (χ3n) is 2.79. The SMILES string of the molecule is Cc1ccc2c(c1)nc(C(F)F)n2-c1cc(Cl)[nH]n1. The predicted molar refractivity (Wildman–Crippen MR) is 67.9 cm³/mol. The standard InChI is InChI=1S/C12H9ClF2N4/c1-6-2-3-8-7(4-6)16-12(11(14)15)19(8)10-5-9(13)17-18-10/h2-5,11H,1H3,(H,17,18). The number of hydrogen-bond donors (Lipinski definition) is 1. The molecule has 0 amide bonds. The summed E-state index contributed by atoms with van der Waals surface area (Å²) < 4.78 is 27.5. The molecule has 0 bridgehead atoms. The Morgan fingerprint density at radius 1 is 1.32 bits per heavy atom. The normalized spacial score (nSPS) is 11.6. The van der Waals surface area contributed by atoms with E-state index >= 15 is 0 Å². The van der Waals surface area contributed by atoms with E-state index in [0.29, 0.717) is 16.9 Å². The molecule has 1 N–H and O–H groups in total. The number of nitrogens with zero attached hydrogens (tertiary/aromatic N) is 3. The van der Waals surface area contributed by atoms with Gasteiger partial charge in [-0.3, -0.25) is 9.67 Å². The molecule has 3 rings (SSSR count). The van der Waals surface area contributed by atoms with Crippen molar-refractivity contribution in [1.82, 2.24) is 19.7 Å². The van der Waals surface area contributed by atoms with E-state index in [0.717, 1.165) is 5.56 Å². The zero-order chi connectivity index (χ0) is 13.6. The van der Waals surface area contributed by atoms with Gasteiger partial charge in [0.1, 0.15) is 5.15 Å². The van der Waals surface area contributed by atoms with Crippen LogP contribution in [0.5, 0.6) is 0 Å². The lowest BCUT2D eigenvalue weighted by Crippen LogP contribution is -2.02. The number of fused-ring (bicyclic) bond motifs is 1. The molecule has 3 aromatic rings. The highest BCUT2D eigenvalue weighted by Gasteiger charge is 2.21. The molecule has 19 heavy (non-hydrogen) atoms. The number of aromatic nitrogens is 4. The second-order valence-corrected chi connectivity index (χ2v) is 4.58. The first kappa shape index (κ1) is 12.1. The van der Waals surface area contributed by atoms with E-state index in [2.05, 4.69) is 15.2 Å². The van der Waals surface area contributed by atoms with Gasteiger partial charge in [0.2, 0.25) is 0 Å². The first-order chi connectivity index (χ1) is 9.06. The fourth-order valence-electron chi connectivity index (χ4n) is 2.00. The molecule has 0 saturated carbocycles. The second kappa shape index (κ2) is 4.31. The van der Waals surface area contributed by atoms with Gasteiger partial charge in [0.05, 0.1) is 11.0 Å². The third-order valence-corrected chi connectivity index (χ3v) is 2.99. The number of alkyl halides is 2. The van der Waals surface area contributed by atoms with Crippen LogP contribution in [0.3, 0.4) is 0 Å². The van der Waals surface area contributed by atoms with Gasteiger partial charge in [-0.05, 0) is 24.6 Å². The lowest BCUT2D eigenvalue weighted by atomic mass is 10.2. The maximum absolute atomic E-state index is 13.1. The van der Waals surface area contributed by atoms with E-state index in [1.807, 2.05) is 13.0 Å². The largest absolute Gasteiger partial charge is 0.296 e. The number of benzene rings is 1. The Labute approximate surface area is 112 Å². The van der Waals surface area contributed by atoms with Crippen LogP contribution in [-0.2, 0) is 0 Å². The lowest BCUT2D eigenvalue weighted by molar-refractivity contribution is 0.139. The van der Waals surface area contributed by atoms with Crippen molar-refractivity contribution in [2.45, 2.75) is 13.3 Å². The summed E-state index contributed by atoms with van der Waals surface area (Å²) >= 11 is 5.75. The maximum Gasteiger partial charge on any atom is 0.296 e. The molecule has 0 aliphatic carbocycles. The van der Waals surface area contributed by atoms with E-state index in [-0.39, 0.29) is 11.0 Å². The van der Waals surface area contributed by atoms with Crippen molar-refractivity contribution in [3.05, 3.63) is 40.8 Å². The van der Waals surface area contributed by atoms with Crippen molar-refractivity contribution in [3.63, 3.8) is 0 Å². The van der Waals surface area contributed by atoms with Crippen LogP contribution in [0, 0.1) is 6.92 Å². The fraction of sp³-hybridized carbons (Fsp3) is 0.167. The van der Waals surface area contributed by atoms with E-state index in [1.165, 1.54) is 10.6 Å². The van der Waals surface area contributed by atoms with Crippen LogP contribution in [0.1, 0.15) is 17.8 Å². The zero-order valence-corrected chi connectivity index (χ0v) is 10.6. The van der Waals surface area contributed by atoms with E-state index < -0.39 is 6.43 Å². The summed E-state index contributed by atoms with van der Waals surface area (Å²) in [6, 6.07) is 6.82. The maximum atomic E-state index is 13.1. The molecular formula is C12H9ClF2N4. The van der Waals surface area contributed by atoms with Crippen molar-refractivity contribution >= 4 is 22.6 Å². The Hall–Kier alpha value is -1.95. The second-order valence-electron chi connectivity index (χ2n) is 4.17. The lowest BCUT2D eigenvalue weighted by Gasteiger charge is -2.04. The van der Waals surface area contributed by atoms with Gasteiger partial charge in [-0.15, -0.1) is 0 Å². The third kappa shape index (κ3) is 1.98. The Balaban J connectivity index is 2.34. The fourth-order valence-corrected chi connectivity index (χ4v) is 2.14. The smallest absolute Gasteiger partial charge is 0.274 e. The highest BCUT2D eigenvalue weighted by Crippen LogP contribution is 2.28. The van der Waals surface area contributed by atoms with E-state index in [9.17, 15) is 8.78 Å². The van der Waals surface area contributed by atoms with Crippen LogP contribution in [0.15, 0.2) is 24.3 Å². The summed E-state index contributed by atoms with van der Waals surface area (Å²) in [7, 11) is 0. The molecule has 2 heterocycles. The minimum atomic E-state index is -2.69. The molecule has 0 aliphatic rings. The molecule has 0 radical (unpaired) electrons. The molecule has 0 saturated heterocycles. The van der Waals surface area contributed by atoms with Gasteiger partial charge in [0, 0.05) is 6.07 Å². The van der Waals surface area contributed by atoms with Gasteiger partial charge >= 0.3 is 0 Å². The van der Waals surface area contributed by atoms with Crippen molar-refractivity contribution in [2.75, 3.05) is 0 Å². The molecule has 0 fully saturated rings. The molecule has 0 spiro atoms. The number of nitrogens with one attached hydrogen (secondary N) is 1. The number of rotatable bonds is 2. The summed E-state index contributed by atoms with van der Waals surface area (Å²) in [4.78, 5) is 3.97. The summed E-state index contributed by atoms with van der Waals surface area (Å²) in [5, 5.41) is 6.71. The minimum absolute atomic E-state index is 0.282. The summed E-state index contributed by atoms with van der Waals surface area (Å²) in [5.41, 5.74) is 2.04. The molecule has 2 aromatic heterocycles. The molecule has 98 valence electrons.